The van der Waals surface area contributed by atoms with Gasteiger partial charge in [0.15, 0.2) is 5.78 Å². The van der Waals surface area contributed by atoms with Crippen LogP contribution in [0, 0.1) is 17.8 Å². The third kappa shape index (κ3) is 2.59. The van der Waals surface area contributed by atoms with Crippen LogP contribution in [0.15, 0.2) is 11.6 Å². The average molecular weight is 236 g/mol. The van der Waals surface area contributed by atoms with Crippen molar-refractivity contribution in [1.29, 1.82) is 0 Å². The highest BCUT2D eigenvalue weighted by atomic mass is 16.4. The van der Waals surface area contributed by atoms with E-state index < -0.39 is 5.97 Å². The number of allylic oxidation sites excluding steroid dienone is 2. The lowest BCUT2D eigenvalue weighted by Crippen LogP contribution is -2.34. The van der Waals surface area contributed by atoms with Crippen LogP contribution in [0.2, 0.25) is 0 Å². The minimum Gasteiger partial charge on any atom is -0.481 e. The largest absolute Gasteiger partial charge is 0.481 e. The second-order valence-electron chi connectivity index (χ2n) is 5.36. The topological polar surface area (TPSA) is 54.4 Å². The Labute approximate surface area is 102 Å². The van der Waals surface area contributed by atoms with Gasteiger partial charge in [-0.15, -0.1) is 0 Å². The van der Waals surface area contributed by atoms with Gasteiger partial charge in [0.2, 0.25) is 0 Å². The second-order valence-corrected chi connectivity index (χ2v) is 5.36. The van der Waals surface area contributed by atoms with E-state index in [1.54, 1.807) is 0 Å². The van der Waals surface area contributed by atoms with Crippen molar-refractivity contribution in [2.45, 2.75) is 45.4 Å². The summed E-state index contributed by atoms with van der Waals surface area (Å²) in [5, 5.41) is 8.79. The third-order valence-electron chi connectivity index (χ3n) is 4.33. The van der Waals surface area contributed by atoms with Crippen molar-refractivity contribution in [3.8, 4) is 0 Å². The maximum absolute atomic E-state index is 11.9. The molecule has 0 spiro atoms. The maximum atomic E-state index is 11.9. The first-order valence-electron chi connectivity index (χ1n) is 6.55. The zero-order valence-electron chi connectivity index (χ0n) is 10.3. The van der Waals surface area contributed by atoms with Crippen molar-refractivity contribution in [2.24, 2.45) is 17.8 Å². The fraction of sp³-hybridized carbons (Fsp3) is 0.714. The fourth-order valence-corrected chi connectivity index (χ4v) is 3.35. The number of ketones is 1. The standard InChI is InChI=1S/C14H20O3/c1-9-11(6-7-14(16)17)12-5-3-2-4-10(12)8-13(9)15/h8-9,11-12H,2-7H2,1H3,(H,16,17). The highest BCUT2D eigenvalue weighted by Gasteiger charge is 2.37. The van der Waals surface area contributed by atoms with Crippen LogP contribution >= 0.6 is 0 Å². The van der Waals surface area contributed by atoms with Crippen molar-refractivity contribution in [2.75, 3.05) is 0 Å². The van der Waals surface area contributed by atoms with E-state index in [2.05, 4.69) is 0 Å². The lowest BCUT2D eigenvalue weighted by molar-refractivity contribution is -0.138. The highest BCUT2D eigenvalue weighted by molar-refractivity contribution is 5.93. The van der Waals surface area contributed by atoms with Gasteiger partial charge in [0.05, 0.1) is 0 Å². The number of carbonyl (C=O) groups is 2. The predicted octanol–water partition coefficient (Wildman–Crippen LogP) is 2.80. The summed E-state index contributed by atoms with van der Waals surface area (Å²) in [5.41, 5.74) is 1.29. The van der Waals surface area contributed by atoms with E-state index in [0.717, 1.165) is 12.8 Å². The first kappa shape index (κ1) is 12.3. The summed E-state index contributed by atoms with van der Waals surface area (Å²) in [7, 11) is 0. The lowest BCUT2D eigenvalue weighted by atomic mass is 9.65. The van der Waals surface area contributed by atoms with E-state index in [1.165, 1.54) is 18.4 Å². The van der Waals surface area contributed by atoms with Crippen LogP contribution < -0.4 is 0 Å². The molecule has 1 fully saturated rings. The normalized spacial score (nSPS) is 32.9. The Morgan fingerprint density at radius 3 is 2.94 bits per heavy atom. The number of carboxylic acids is 1. The molecule has 17 heavy (non-hydrogen) atoms. The molecule has 0 aromatic carbocycles. The summed E-state index contributed by atoms with van der Waals surface area (Å²) in [6.45, 7) is 1.96. The number of carbonyl (C=O) groups excluding carboxylic acids is 1. The van der Waals surface area contributed by atoms with E-state index in [1.807, 2.05) is 13.0 Å². The quantitative estimate of drug-likeness (QED) is 0.819. The molecule has 0 bridgehead atoms. The first-order chi connectivity index (χ1) is 8.09. The van der Waals surface area contributed by atoms with Crippen LogP contribution in [0.4, 0.5) is 0 Å². The Morgan fingerprint density at radius 1 is 1.47 bits per heavy atom. The van der Waals surface area contributed by atoms with Gasteiger partial charge in [-0.3, -0.25) is 9.59 Å². The lowest BCUT2D eigenvalue weighted by Gasteiger charge is -2.38. The third-order valence-corrected chi connectivity index (χ3v) is 4.33. The molecule has 3 unspecified atom stereocenters. The molecular weight excluding hydrogens is 216 g/mol. The Kier molecular flexibility index (Phi) is 3.65. The van der Waals surface area contributed by atoms with Crippen molar-refractivity contribution < 1.29 is 14.7 Å². The molecule has 1 N–H and O–H groups in total. The van der Waals surface area contributed by atoms with Crippen LogP contribution in [0.25, 0.3) is 0 Å². The van der Waals surface area contributed by atoms with Gasteiger partial charge < -0.3 is 5.11 Å². The molecule has 3 atom stereocenters. The molecule has 0 heterocycles. The van der Waals surface area contributed by atoms with Crippen LogP contribution in [-0.2, 0) is 9.59 Å². The second kappa shape index (κ2) is 5.03. The van der Waals surface area contributed by atoms with Gasteiger partial charge >= 0.3 is 5.97 Å². The van der Waals surface area contributed by atoms with Crippen LogP contribution in [0.3, 0.4) is 0 Å². The van der Waals surface area contributed by atoms with Crippen molar-refractivity contribution >= 4 is 11.8 Å². The number of fused-ring (bicyclic) bond motifs is 1. The zero-order chi connectivity index (χ0) is 12.4. The minimum atomic E-state index is -0.753. The molecule has 2 aliphatic carbocycles. The van der Waals surface area contributed by atoms with Crippen molar-refractivity contribution in [3.63, 3.8) is 0 Å². The molecule has 0 amide bonds. The summed E-state index contributed by atoms with van der Waals surface area (Å²) in [4.78, 5) is 22.6. The summed E-state index contributed by atoms with van der Waals surface area (Å²) in [6.07, 6.45) is 7.23. The molecule has 0 aromatic rings. The number of hydrogen-bond donors (Lipinski definition) is 1. The van der Waals surface area contributed by atoms with Gasteiger partial charge in [-0.1, -0.05) is 18.9 Å². The van der Waals surface area contributed by atoms with E-state index in [9.17, 15) is 9.59 Å². The van der Waals surface area contributed by atoms with Gasteiger partial charge in [0.25, 0.3) is 0 Å². The molecule has 0 aromatic heterocycles. The van der Waals surface area contributed by atoms with Crippen molar-refractivity contribution in [3.05, 3.63) is 11.6 Å². The van der Waals surface area contributed by atoms with E-state index in [4.69, 9.17) is 5.11 Å². The van der Waals surface area contributed by atoms with Crippen LogP contribution in [0.5, 0.6) is 0 Å². The van der Waals surface area contributed by atoms with Crippen LogP contribution in [-0.4, -0.2) is 16.9 Å². The Balaban J connectivity index is 2.14. The summed E-state index contributed by atoms with van der Waals surface area (Å²) < 4.78 is 0. The van der Waals surface area contributed by atoms with Gasteiger partial charge in [0, 0.05) is 12.3 Å². The maximum Gasteiger partial charge on any atom is 0.303 e. The molecule has 0 saturated heterocycles. The Morgan fingerprint density at radius 2 is 2.24 bits per heavy atom. The molecular formula is C14H20O3. The smallest absolute Gasteiger partial charge is 0.303 e. The minimum absolute atomic E-state index is 0.00111. The molecule has 2 rings (SSSR count). The highest BCUT2D eigenvalue weighted by Crippen LogP contribution is 2.43. The SMILES string of the molecule is CC1C(=O)C=C2CCCCC2C1CCC(=O)O. The zero-order valence-corrected chi connectivity index (χ0v) is 10.3. The van der Waals surface area contributed by atoms with Crippen LogP contribution in [0.1, 0.15) is 45.4 Å². The Hall–Kier alpha value is -1.12. The van der Waals surface area contributed by atoms with Gasteiger partial charge in [-0.25, -0.2) is 0 Å². The number of carboxylic acid groups (broad SMARTS) is 1. The fourth-order valence-electron chi connectivity index (χ4n) is 3.35. The summed E-state index contributed by atoms with van der Waals surface area (Å²) >= 11 is 0. The molecule has 0 aliphatic heterocycles. The summed E-state index contributed by atoms with van der Waals surface area (Å²) in [5.74, 6) is 0.168. The Bertz CT molecular complexity index is 356. The van der Waals surface area contributed by atoms with Gasteiger partial charge in [-0.05, 0) is 43.6 Å². The van der Waals surface area contributed by atoms with E-state index >= 15 is 0 Å². The molecule has 94 valence electrons. The first-order valence-corrected chi connectivity index (χ1v) is 6.55. The molecule has 0 radical (unpaired) electrons. The number of rotatable bonds is 3. The number of hydrogen-bond acceptors (Lipinski definition) is 2. The van der Waals surface area contributed by atoms with Gasteiger partial charge in [0.1, 0.15) is 0 Å². The summed E-state index contributed by atoms with van der Waals surface area (Å²) in [6, 6.07) is 0. The number of aliphatic carboxylic acids is 1. The van der Waals surface area contributed by atoms with E-state index in [0.29, 0.717) is 12.3 Å². The molecule has 1 saturated carbocycles. The monoisotopic (exact) mass is 236 g/mol. The molecule has 3 heteroatoms. The molecule has 2 aliphatic rings. The average Bonchev–Trinajstić information content (AvgIpc) is 2.29. The van der Waals surface area contributed by atoms with Gasteiger partial charge in [-0.2, -0.15) is 0 Å². The molecule has 3 nitrogen and oxygen atoms in total. The van der Waals surface area contributed by atoms with E-state index in [-0.39, 0.29) is 24.0 Å². The van der Waals surface area contributed by atoms with Crippen molar-refractivity contribution in [1.82, 2.24) is 0 Å². The predicted molar refractivity (Wildman–Crippen MR) is 64.6 cm³/mol.